The Hall–Kier alpha value is -0.940. The van der Waals surface area contributed by atoms with Crippen LogP contribution in [0, 0.1) is 12.8 Å². The van der Waals surface area contributed by atoms with Crippen LogP contribution < -0.4 is 0 Å². The van der Waals surface area contributed by atoms with E-state index in [1.807, 2.05) is 14.0 Å². The lowest BCUT2D eigenvalue weighted by molar-refractivity contribution is 0.102. The summed E-state index contributed by atoms with van der Waals surface area (Å²) in [6.45, 7) is 3.54. The first-order chi connectivity index (χ1) is 8.65. The maximum atomic E-state index is 9.95. The summed E-state index contributed by atoms with van der Waals surface area (Å²) in [6.07, 6.45) is 4.70. The van der Waals surface area contributed by atoms with Gasteiger partial charge >= 0.3 is 0 Å². The molecule has 0 aromatic carbocycles. The van der Waals surface area contributed by atoms with Gasteiger partial charge in [-0.1, -0.05) is 0 Å². The Morgan fingerprint density at radius 3 is 2.67 bits per heavy atom. The third-order valence-electron chi connectivity index (χ3n) is 3.93. The van der Waals surface area contributed by atoms with Gasteiger partial charge in [-0.2, -0.15) is 0 Å². The molecule has 1 N–H and O–H groups in total. The van der Waals surface area contributed by atoms with Gasteiger partial charge in [-0.25, -0.2) is 0 Å². The minimum absolute atomic E-state index is 0.173. The monoisotopic (exact) mass is 250 g/mol. The molecule has 3 rings (SSSR count). The van der Waals surface area contributed by atoms with Crippen molar-refractivity contribution in [1.82, 2.24) is 19.7 Å². The van der Waals surface area contributed by atoms with Gasteiger partial charge < -0.3 is 9.67 Å². The molecule has 1 aromatic rings. The van der Waals surface area contributed by atoms with Gasteiger partial charge in [0.2, 0.25) is 0 Å². The van der Waals surface area contributed by atoms with E-state index >= 15 is 0 Å². The quantitative estimate of drug-likeness (QED) is 0.822. The van der Waals surface area contributed by atoms with Crippen LogP contribution in [0.4, 0.5) is 0 Å². The minimum atomic E-state index is -0.173. The molecule has 5 heteroatoms. The Bertz CT molecular complexity index is 423. The van der Waals surface area contributed by atoms with Gasteiger partial charge in [0, 0.05) is 12.6 Å². The fraction of sp³-hybridized carbons (Fsp3) is 0.846. The molecule has 0 saturated heterocycles. The van der Waals surface area contributed by atoms with Crippen molar-refractivity contribution in [1.29, 1.82) is 0 Å². The van der Waals surface area contributed by atoms with Gasteiger partial charge in [-0.15, -0.1) is 10.2 Å². The van der Waals surface area contributed by atoms with E-state index in [1.165, 1.54) is 25.7 Å². The molecule has 2 aliphatic carbocycles. The van der Waals surface area contributed by atoms with E-state index in [0.29, 0.717) is 12.0 Å². The molecule has 0 spiro atoms. The van der Waals surface area contributed by atoms with Crippen LogP contribution in [0.15, 0.2) is 0 Å². The molecule has 18 heavy (non-hydrogen) atoms. The molecule has 0 bridgehead atoms. The van der Waals surface area contributed by atoms with E-state index in [2.05, 4.69) is 19.7 Å². The van der Waals surface area contributed by atoms with E-state index in [-0.39, 0.29) is 6.10 Å². The summed E-state index contributed by atoms with van der Waals surface area (Å²) in [5.74, 6) is 2.60. The maximum absolute atomic E-state index is 9.95. The fourth-order valence-corrected chi connectivity index (χ4v) is 2.58. The molecule has 0 radical (unpaired) electrons. The summed E-state index contributed by atoms with van der Waals surface area (Å²) in [7, 11) is 2.05. The molecular weight excluding hydrogens is 228 g/mol. The van der Waals surface area contributed by atoms with Crippen molar-refractivity contribution < 1.29 is 5.11 Å². The largest absolute Gasteiger partial charge is 0.392 e. The normalized spacial score (nSPS) is 21.6. The van der Waals surface area contributed by atoms with Crippen LogP contribution in [0.25, 0.3) is 0 Å². The predicted molar refractivity (Wildman–Crippen MR) is 68.1 cm³/mol. The highest BCUT2D eigenvalue weighted by Crippen LogP contribution is 2.36. The van der Waals surface area contributed by atoms with Crippen LogP contribution in [0.1, 0.15) is 43.4 Å². The lowest BCUT2D eigenvalue weighted by atomic mass is 10.2. The molecule has 2 fully saturated rings. The third kappa shape index (κ3) is 2.57. The number of hydrogen-bond acceptors (Lipinski definition) is 4. The topological polar surface area (TPSA) is 54.2 Å². The number of aryl methyl sites for hydroxylation is 1. The average molecular weight is 250 g/mol. The van der Waals surface area contributed by atoms with Crippen LogP contribution in [0.3, 0.4) is 0 Å². The molecule has 0 amide bonds. The molecule has 5 nitrogen and oxygen atoms in total. The van der Waals surface area contributed by atoms with Crippen LogP contribution in [0.5, 0.6) is 0 Å². The van der Waals surface area contributed by atoms with Gasteiger partial charge in [0.1, 0.15) is 11.6 Å². The fourth-order valence-electron chi connectivity index (χ4n) is 2.58. The third-order valence-corrected chi connectivity index (χ3v) is 3.93. The highest BCUT2D eigenvalue weighted by atomic mass is 16.3. The van der Waals surface area contributed by atoms with Crippen molar-refractivity contribution >= 4 is 0 Å². The molecule has 1 aromatic heterocycles. The first kappa shape index (κ1) is 12.1. The van der Waals surface area contributed by atoms with Gasteiger partial charge in [0.15, 0.2) is 0 Å². The second kappa shape index (κ2) is 4.63. The SMILES string of the molecule is Cc1nnc(CN(C)CC(O)C2CC2)n1C1CC1. The first-order valence-corrected chi connectivity index (χ1v) is 6.92. The summed E-state index contributed by atoms with van der Waals surface area (Å²) in [5.41, 5.74) is 0. The Kier molecular flexibility index (Phi) is 3.11. The first-order valence-electron chi connectivity index (χ1n) is 6.92. The Morgan fingerprint density at radius 1 is 1.33 bits per heavy atom. The van der Waals surface area contributed by atoms with Gasteiger partial charge in [-0.05, 0) is 45.6 Å². The summed E-state index contributed by atoms with van der Waals surface area (Å²) >= 11 is 0. The number of aromatic nitrogens is 3. The Labute approximate surface area is 108 Å². The van der Waals surface area contributed by atoms with E-state index in [0.717, 1.165) is 24.7 Å². The number of rotatable bonds is 6. The summed E-state index contributed by atoms with van der Waals surface area (Å²) in [5, 5.41) is 18.4. The van der Waals surface area contributed by atoms with Crippen LogP contribution in [-0.4, -0.2) is 44.5 Å². The second-order valence-electron chi connectivity index (χ2n) is 5.87. The van der Waals surface area contributed by atoms with Crippen LogP contribution in [-0.2, 0) is 6.54 Å². The van der Waals surface area contributed by atoms with Crippen molar-refractivity contribution in [2.24, 2.45) is 5.92 Å². The van der Waals surface area contributed by atoms with Crippen molar-refractivity contribution in [2.75, 3.05) is 13.6 Å². The standard InChI is InChI=1S/C13H22N4O/c1-9-14-15-13(17(9)11-5-6-11)8-16(2)7-12(18)10-3-4-10/h10-12,18H,3-8H2,1-2H3. The molecule has 1 heterocycles. The average Bonchev–Trinajstić information content (AvgIpc) is 3.20. The maximum Gasteiger partial charge on any atom is 0.147 e. The second-order valence-corrected chi connectivity index (χ2v) is 5.87. The summed E-state index contributed by atoms with van der Waals surface area (Å²) < 4.78 is 2.26. The number of aliphatic hydroxyl groups excluding tert-OH is 1. The predicted octanol–water partition coefficient (Wildman–Crippen LogP) is 1.12. The Morgan fingerprint density at radius 2 is 2.06 bits per heavy atom. The van der Waals surface area contributed by atoms with Crippen molar-refractivity contribution in [2.45, 2.75) is 51.3 Å². The van der Waals surface area contributed by atoms with Crippen molar-refractivity contribution in [3.8, 4) is 0 Å². The van der Waals surface area contributed by atoms with Crippen molar-refractivity contribution in [3.05, 3.63) is 11.6 Å². The van der Waals surface area contributed by atoms with E-state index in [1.54, 1.807) is 0 Å². The molecule has 2 saturated carbocycles. The number of aliphatic hydroxyl groups is 1. The van der Waals surface area contributed by atoms with E-state index < -0.39 is 0 Å². The Balaban J connectivity index is 1.61. The molecule has 1 atom stereocenters. The van der Waals surface area contributed by atoms with E-state index in [9.17, 15) is 5.11 Å². The highest BCUT2D eigenvalue weighted by Gasteiger charge is 2.31. The lowest BCUT2D eigenvalue weighted by Gasteiger charge is -2.20. The molecule has 100 valence electrons. The number of likely N-dealkylation sites (N-methyl/N-ethyl adjacent to an activating group) is 1. The molecular formula is C13H22N4O. The highest BCUT2D eigenvalue weighted by molar-refractivity contribution is 5.01. The van der Waals surface area contributed by atoms with Gasteiger partial charge in [0.05, 0.1) is 12.6 Å². The summed E-state index contributed by atoms with van der Waals surface area (Å²) in [6, 6.07) is 0.622. The number of nitrogens with zero attached hydrogens (tertiary/aromatic N) is 4. The zero-order valence-corrected chi connectivity index (χ0v) is 11.2. The van der Waals surface area contributed by atoms with Crippen molar-refractivity contribution in [3.63, 3.8) is 0 Å². The van der Waals surface area contributed by atoms with Crippen LogP contribution >= 0.6 is 0 Å². The van der Waals surface area contributed by atoms with Gasteiger partial charge in [-0.3, -0.25) is 4.90 Å². The minimum Gasteiger partial charge on any atom is -0.392 e. The van der Waals surface area contributed by atoms with Crippen LogP contribution in [0.2, 0.25) is 0 Å². The van der Waals surface area contributed by atoms with Gasteiger partial charge in [0.25, 0.3) is 0 Å². The number of hydrogen-bond donors (Lipinski definition) is 1. The molecule has 1 unspecified atom stereocenters. The lowest BCUT2D eigenvalue weighted by Crippen LogP contribution is -2.31. The smallest absolute Gasteiger partial charge is 0.147 e. The zero-order valence-electron chi connectivity index (χ0n) is 11.2. The molecule has 2 aliphatic rings. The van der Waals surface area contributed by atoms with E-state index in [4.69, 9.17) is 0 Å². The summed E-state index contributed by atoms with van der Waals surface area (Å²) in [4.78, 5) is 2.16. The molecule has 0 aliphatic heterocycles. The zero-order chi connectivity index (χ0) is 12.7.